The standard InChI is InChI=1S/2C25H31ClFN5O5.C18H17ClFN5O2.C17H16ClFN4O3.C8H17NO3/c2*1-7-35-23(33)16-13-29-32-11-10-19(31-22(16)32)30-15(3)20-18(9-8-17(27)21(20)26)36-14(2)12-28-24(34)37-25(4,5)6;1-9-7-21-18(26)11-8-22-25-6-5-14(24-17(11)25)23-10(2)15-13(27-9)4-3-12(20)16(15)19;1-3-26-17(25)10-8-20-23-7-6-13(22-16(10)23)21-9(2)14-12(24)5-4-11(19)15(14)18;1-6(10)5-9-7(11)12-8(2,3)4/h2*8-11,13-15H,7,12H2,1-6H3,(H,28,34)(H,30,31);3-6,8-10H,7H2,1-2H3,(H,21,26)(H,23,24);4-9,24H,3H2,1-2H3,(H,21,22);6,10H,5H2,1-4H3,(H,9,11)/t14-,15+;14-,15-;9-,10+;;6-/m000.1/s1. The monoisotopic (exact) mass is 2010 g/mol. The van der Waals surface area contributed by atoms with Crippen molar-refractivity contribution in [3.63, 3.8) is 0 Å². The molecule has 1 unspecified atom stereocenters. The second-order valence-corrected chi connectivity index (χ2v) is 35.8. The third-order valence-corrected chi connectivity index (χ3v) is 20.7. The van der Waals surface area contributed by atoms with Crippen LogP contribution in [0.3, 0.4) is 0 Å². The van der Waals surface area contributed by atoms with E-state index in [4.69, 9.17) is 94.1 Å². The number of ether oxygens (including phenoxy) is 9. The normalized spacial score (nSPS) is 14.3. The highest BCUT2D eigenvalue weighted by molar-refractivity contribution is 6.33. The quantitative estimate of drug-likeness (QED) is 0.0144. The van der Waals surface area contributed by atoms with E-state index < -0.39 is 113 Å². The summed E-state index contributed by atoms with van der Waals surface area (Å²) >= 11 is 24.9. The number of aliphatic hydroxyl groups excluding tert-OH is 1. The molecule has 2 bridgehead atoms. The van der Waals surface area contributed by atoms with Gasteiger partial charge in [-0.3, -0.25) is 4.79 Å². The molecule has 4 aromatic carbocycles. The molecule has 12 aromatic rings. The van der Waals surface area contributed by atoms with Gasteiger partial charge in [-0.2, -0.15) is 20.4 Å². The lowest BCUT2D eigenvalue weighted by Gasteiger charge is -2.24. The van der Waals surface area contributed by atoms with E-state index >= 15 is 0 Å². The third kappa shape index (κ3) is 30.6. The number of halogens is 8. The molecule has 4 amide bonds. The Morgan fingerprint density at radius 3 is 1.23 bits per heavy atom. The van der Waals surface area contributed by atoms with Crippen molar-refractivity contribution in [1.82, 2.24) is 79.7 Å². The molecular formula is C93H112Cl4F4N20O18. The molecular weight excluding hydrogens is 1900 g/mol. The van der Waals surface area contributed by atoms with Crippen LogP contribution in [0.25, 0.3) is 22.6 Å². The number of phenolic OH excluding ortho intramolecular Hbond substituents is 1. The molecule has 8 aromatic heterocycles. The van der Waals surface area contributed by atoms with Crippen LogP contribution in [0, 0.1) is 23.3 Å². The highest BCUT2D eigenvalue weighted by atomic mass is 35.5. The molecule has 13 rings (SSSR count). The van der Waals surface area contributed by atoms with Crippen LogP contribution >= 0.6 is 46.4 Å². The number of esters is 3. The van der Waals surface area contributed by atoms with Crippen molar-refractivity contribution in [2.24, 2.45) is 0 Å². The van der Waals surface area contributed by atoms with Gasteiger partial charge in [-0.25, -0.2) is 84.3 Å². The lowest BCUT2D eigenvalue weighted by atomic mass is 10.1. The van der Waals surface area contributed by atoms with Crippen LogP contribution in [-0.2, 0) is 28.4 Å². The second kappa shape index (κ2) is 48.5. The van der Waals surface area contributed by atoms with Gasteiger partial charge in [0.1, 0.15) is 127 Å². The topological polar surface area (TPSA) is 460 Å². The first-order chi connectivity index (χ1) is 65.4. The minimum atomic E-state index is -0.628. The van der Waals surface area contributed by atoms with Crippen LogP contribution in [0.5, 0.6) is 23.0 Å². The number of amides is 4. The van der Waals surface area contributed by atoms with Crippen LogP contribution in [0.2, 0.25) is 20.1 Å². The molecule has 8 atom stereocenters. The van der Waals surface area contributed by atoms with Crippen LogP contribution < -0.4 is 56.7 Å². The number of carbonyl (C=O) groups excluding carboxylic acids is 7. The number of phenols is 1. The maximum atomic E-state index is 14.4. The molecule has 0 fully saturated rings. The molecule has 1 aliphatic rings. The molecule has 0 radical (unpaired) electrons. The summed E-state index contributed by atoms with van der Waals surface area (Å²) in [6, 6.07) is 15.2. The van der Waals surface area contributed by atoms with Crippen molar-refractivity contribution in [1.29, 1.82) is 0 Å². The predicted molar refractivity (Wildman–Crippen MR) is 512 cm³/mol. The molecule has 139 heavy (non-hydrogen) atoms. The summed E-state index contributed by atoms with van der Waals surface area (Å²) in [5.74, 6) is -1.57. The summed E-state index contributed by atoms with van der Waals surface area (Å²) in [5.41, 5.74) is 2.08. The summed E-state index contributed by atoms with van der Waals surface area (Å²) in [6.45, 7) is 36.6. The third-order valence-electron chi connectivity index (χ3n) is 19.1. The van der Waals surface area contributed by atoms with Gasteiger partial charge in [-0.05, 0) is 211 Å². The zero-order valence-electron chi connectivity index (χ0n) is 79.9. The van der Waals surface area contributed by atoms with E-state index in [1.165, 1.54) is 85.3 Å². The second-order valence-electron chi connectivity index (χ2n) is 34.3. The fraction of sp³-hybridized carbons (Fsp3) is 0.409. The molecule has 9 heterocycles. The van der Waals surface area contributed by atoms with Gasteiger partial charge in [0.2, 0.25) is 0 Å². The Hall–Kier alpha value is -13.7. The first-order valence-corrected chi connectivity index (χ1v) is 45.4. The van der Waals surface area contributed by atoms with E-state index in [1.807, 2.05) is 13.8 Å². The lowest BCUT2D eigenvalue weighted by molar-refractivity contribution is 0.0490. The number of rotatable bonds is 25. The Bertz CT molecular complexity index is 6150. The molecule has 0 spiro atoms. The van der Waals surface area contributed by atoms with Crippen molar-refractivity contribution in [2.45, 2.75) is 204 Å². The average molecular weight is 2020 g/mol. The van der Waals surface area contributed by atoms with E-state index in [-0.39, 0.29) is 112 Å². The Labute approximate surface area is 817 Å². The molecule has 10 N–H and O–H groups in total. The zero-order valence-corrected chi connectivity index (χ0v) is 83.0. The average Bonchev–Trinajstić information content (AvgIpc) is 1.64. The minimum absolute atomic E-state index is 0.00951. The summed E-state index contributed by atoms with van der Waals surface area (Å²) in [4.78, 5) is 102. The number of anilines is 4. The number of aromatic hydroxyl groups is 1. The van der Waals surface area contributed by atoms with Crippen LogP contribution in [0.4, 0.5) is 55.2 Å². The first kappa shape index (κ1) is 109. The van der Waals surface area contributed by atoms with Gasteiger partial charge in [-0.1, -0.05) is 46.4 Å². The maximum absolute atomic E-state index is 14.4. The van der Waals surface area contributed by atoms with E-state index in [0.29, 0.717) is 85.4 Å². The van der Waals surface area contributed by atoms with Gasteiger partial charge in [0.25, 0.3) is 5.91 Å². The van der Waals surface area contributed by atoms with E-state index in [9.17, 15) is 56.2 Å². The van der Waals surface area contributed by atoms with E-state index in [1.54, 1.807) is 174 Å². The number of aromatic nitrogens is 12. The number of aliphatic hydroxyl groups is 1. The van der Waals surface area contributed by atoms with E-state index in [2.05, 4.69) is 82.9 Å². The number of carbonyl (C=O) groups is 7. The SMILES string of the molecule is CCOC(=O)c1cnn2ccc(NC(C)c3c(O)ccc(F)c3Cl)nc12.CCOC(=O)c1cnn2ccc(N[C@@H](C)c3c(O[C@@H](C)CNC(=O)OC(C)(C)C)ccc(F)c3Cl)nc12.CCOC(=O)c1cnn2ccc(N[C@H](C)c3c(O[C@@H](C)CNC(=O)OC(C)(C)C)ccc(F)c3Cl)nc12.C[C@@H](O)CNC(=O)OC(C)(C)C.C[C@H]1CNC(=O)c2cnn3ccc(nc23)N[C@H](C)c2c(ccc(F)c2Cl)O1. The highest BCUT2D eigenvalue weighted by Gasteiger charge is 2.31. The molecule has 38 nitrogen and oxygen atoms in total. The summed E-state index contributed by atoms with van der Waals surface area (Å²) < 4.78 is 111. The first-order valence-electron chi connectivity index (χ1n) is 43.9. The molecule has 0 saturated carbocycles. The zero-order chi connectivity index (χ0) is 102. The Balaban J connectivity index is 0.000000201. The molecule has 46 heteroatoms. The van der Waals surface area contributed by atoms with Crippen molar-refractivity contribution in [3.8, 4) is 23.0 Å². The van der Waals surface area contributed by atoms with Crippen molar-refractivity contribution in [2.75, 3.05) is 67.3 Å². The van der Waals surface area contributed by atoms with Gasteiger partial charge in [-0.15, -0.1) is 0 Å². The number of hydrogen-bond donors (Lipinski definition) is 10. The van der Waals surface area contributed by atoms with Crippen molar-refractivity contribution >= 4 is 134 Å². The van der Waals surface area contributed by atoms with Gasteiger partial charge in [0.05, 0.1) is 115 Å². The Kier molecular flexibility index (Phi) is 38.0. The lowest BCUT2D eigenvalue weighted by Crippen LogP contribution is -2.37. The van der Waals surface area contributed by atoms with Crippen molar-refractivity contribution < 1.29 is 104 Å². The number of fused-ring (bicyclic) bond motifs is 5. The number of nitrogens with one attached hydrogen (secondary N) is 8. The summed E-state index contributed by atoms with van der Waals surface area (Å²) in [7, 11) is 0. The van der Waals surface area contributed by atoms with E-state index in [0.717, 1.165) is 6.07 Å². The molecule has 0 aliphatic carbocycles. The fourth-order valence-corrected chi connectivity index (χ4v) is 14.3. The van der Waals surface area contributed by atoms with Gasteiger partial charge < -0.3 is 95.4 Å². The Morgan fingerprint density at radius 2 is 0.835 bits per heavy atom. The minimum Gasteiger partial charge on any atom is -0.508 e. The smallest absolute Gasteiger partial charge is 0.407 e. The van der Waals surface area contributed by atoms with Crippen LogP contribution in [0.1, 0.15) is 226 Å². The predicted octanol–water partition coefficient (Wildman–Crippen LogP) is 18.0. The largest absolute Gasteiger partial charge is 0.508 e. The van der Waals surface area contributed by atoms with Gasteiger partial charge in [0, 0.05) is 53.6 Å². The van der Waals surface area contributed by atoms with Crippen molar-refractivity contribution in [3.05, 3.63) is 210 Å². The van der Waals surface area contributed by atoms with Crippen LogP contribution in [0.15, 0.2) is 122 Å². The Morgan fingerprint density at radius 1 is 0.482 bits per heavy atom. The van der Waals surface area contributed by atoms with Gasteiger partial charge >= 0.3 is 36.2 Å². The molecule has 1 aliphatic heterocycles. The number of alkyl carbamates (subject to hydrolysis) is 3. The maximum Gasteiger partial charge on any atom is 0.407 e. The number of hydrogen-bond acceptors (Lipinski definition) is 30. The molecule has 0 saturated heterocycles. The number of nitrogens with zero attached hydrogens (tertiary/aromatic N) is 12. The van der Waals surface area contributed by atoms with Crippen LogP contribution in [-0.4, -0.2) is 198 Å². The summed E-state index contributed by atoms with van der Waals surface area (Å²) in [5, 5.41) is 58.0. The van der Waals surface area contributed by atoms with Gasteiger partial charge in [0.15, 0.2) is 22.6 Å². The molecule has 748 valence electrons. The number of benzene rings is 4. The fourth-order valence-electron chi connectivity index (χ4n) is 13.1. The highest BCUT2D eigenvalue weighted by Crippen LogP contribution is 2.41. The summed E-state index contributed by atoms with van der Waals surface area (Å²) in [6.07, 6.45) is 8.70.